The van der Waals surface area contributed by atoms with Gasteiger partial charge in [-0.15, -0.1) is 0 Å². The largest absolute Gasteiger partial charge is 0.493 e. The van der Waals surface area contributed by atoms with Crippen LogP contribution in [0.5, 0.6) is 23.0 Å². The molecular formula is C33H40N2O4. The average Bonchev–Trinajstić information content (AvgIpc) is 2.99. The zero-order valence-corrected chi connectivity index (χ0v) is 23.3. The second kappa shape index (κ2) is 13.0. The predicted molar refractivity (Wildman–Crippen MR) is 156 cm³/mol. The summed E-state index contributed by atoms with van der Waals surface area (Å²) in [7, 11) is 3.40. The molecule has 3 aromatic rings. The molecule has 0 saturated carbocycles. The Morgan fingerprint density at radius 3 is 2.36 bits per heavy atom. The Morgan fingerprint density at radius 1 is 0.846 bits per heavy atom. The maximum absolute atomic E-state index is 6.28. The summed E-state index contributed by atoms with van der Waals surface area (Å²) in [6.45, 7) is 6.37. The fraction of sp³-hybridized carbons (Fsp3) is 0.394. The molecule has 0 aliphatic carbocycles. The molecule has 1 unspecified atom stereocenters. The maximum Gasteiger partial charge on any atom is 0.161 e. The minimum absolute atomic E-state index is 0.0754. The van der Waals surface area contributed by atoms with Crippen molar-refractivity contribution < 1.29 is 18.9 Å². The van der Waals surface area contributed by atoms with Gasteiger partial charge >= 0.3 is 0 Å². The van der Waals surface area contributed by atoms with Crippen LogP contribution >= 0.6 is 0 Å². The summed E-state index contributed by atoms with van der Waals surface area (Å²) in [6.07, 6.45) is 7.66. The highest BCUT2D eigenvalue weighted by Gasteiger charge is 2.22. The lowest BCUT2D eigenvalue weighted by Crippen LogP contribution is -2.30. The van der Waals surface area contributed by atoms with E-state index in [4.69, 9.17) is 18.9 Å². The number of ether oxygens (including phenoxy) is 4. The van der Waals surface area contributed by atoms with Gasteiger partial charge in [0.25, 0.3) is 0 Å². The highest BCUT2D eigenvalue weighted by Crippen LogP contribution is 2.37. The van der Waals surface area contributed by atoms with Crippen molar-refractivity contribution in [2.24, 2.45) is 5.92 Å². The molecule has 2 heterocycles. The summed E-state index contributed by atoms with van der Waals surface area (Å²) in [4.78, 5) is 0. The second-order valence-electron chi connectivity index (χ2n) is 10.4. The van der Waals surface area contributed by atoms with E-state index in [1.165, 1.54) is 11.1 Å². The zero-order chi connectivity index (χ0) is 27.0. The molecule has 6 heteroatoms. The molecule has 1 saturated heterocycles. The molecule has 39 heavy (non-hydrogen) atoms. The van der Waals surface area contributed by atoms with Gasteiger partial charge in [-0.1, -0.05) is 42.5 Å². The number of methoxy groups -OCH3 is 2. The molecular weight excluding hydrogens is 488 g/mol. The molecule has 1 fully saturated rings. The Kier molecular flexibility index (Phi) is 9.07. The first-order valence-electron chi connectivity index (χ1n) is 14.0. The minimum Gasteiger partial charge on any atom is -0.493 e. The van der Waals surface area contributed by atoms with Gasteiger partial charge in [0.05, 0.1) is 26.9 Å². The number of fused-ring (bicyclic) bond motifs is 1. The van der Waals surface area contributed by atoms with Crippen molar-refractivity contribution in [3.8, 4) is 23.0 Å². The number of aryl methyl sites for hydroxylation is 1. The van der Waals surface area contributed by atoms with Crippen LogP contribution in [-0.2, 0) is 13.0 Å². The molecule has 2 aliphatic rings. The van der Waals surface area contributed by atoms with Crippen LogP contribution in [0.4, 0.5) is 0 Å². The van der Waals surface area contributed by atoms with E-state index in [1.807, 2.05) is 18.2 Å². The van der Waals surface area contributed by atoms with Crippen molar-refractivity contribution >= 4 is 6.08 Å². The van der Waals surface area contributed by atoms with E-state index in [2.05, 4.69) is 66.1 Å². The first-order chi connectivity index (χ1) is 19.1. The number of rotatable bonds is 10. The van der Waals surface area contributed by atoms with Crippen molar-refractivity contribution in [2.75, 3.05) is 40.5 Å². The summed E-state index contributed by atoms with van der Waals surface area (Å²) in [5.74, 6) is 3.70. The fourth-order valence-corrected chi connectivity index (χ4v) is 5.36. The quantitative estimate of drug-likeness (QED) is 0.343. The highest BCUT2D eigenvalue weighted by molar-refractivity contribution is 5.61. The van der Waals surface area contributed by atoms with Crippen molar-refractivity contribution in [3.05, 3.63) is 88.5 Å². The van der Waals surface area contributed by atoms with Gasteiger partial charge in [-0.2, -0.15) is 0 Å². The van der Waals surface area contributed by atoms with Crippen LogP contribution in [-0.4, -0.2) is 40.5 Å². The van der Waals surface area contributed by atoms with Crippen LogP contribution < -0.4 is 29.6 Å². The third kappa shape index (κ3) is 6.75. The lowest BCUT2D eigenvalue weighted by Gasteiger charge is -2.26. The van der Waals surface area contributed by atoms with Gasteiger partial charge in [-0.25, -0.2) is 0 Å². The summed E-state index contributed by atoms with van der Waals surface area (Å²) >= 11 is 0. The molecule has 0 radical (unpaired) electrons. The van der Waals surface area contributed by atoms with E-state index in [9.17, 15) is 0 Å². The SMILES string of the molecule is COc1cc2c(cc1OCc1ccccc1)CCNC2C=Cc1cc(OCC2CCNCC2)c(OC)cc1C. The molecule has 2 N–H and O–H groups in total. The normalized spacial score (nSPS) is 17.6. The van der Waals surface area contributed by atoms with Gasteiger partial charge in [-0.05, 0) is 97.3 Å². The number of nitrogens with one attached hydrogen (secondary N) is 2. The summed E-state index contributed by atoms with van der Waals surface area (Å²) in [6, 6.07) is 18.7. The summed E-state index contributed by atoms with van der Waals surface area (Å²) in [5.41, 5.74) is 5.91. The van der Waals surface area contributed by atoms with E-state index in [-0.39, 0.29) is 6.04 Å². The Balaban J connectivity index is 1.33. The Bertz CT molecular complexity index is 1270. The number of benzene rings is 3. The Hall–Kier alpha value is -3.48. The van der Waals surface area contributed by atoms with E-state index >= 15 is 0 Å². The van der Waals surface area contributed by atoms with Crippen LogP contribution in [0.15, 0.2) is 60.7 Å². The molecule has 3 aromatic carbocycles. The van der Waals surface area contributed by atoms with Crippen LogP contribution in [0.3, 0.4) is 0 Å². The zero-order valence-electron chi connectivity index (χ0n) is 23.3. The smallest absolute Gasteiger partial charge is 0.161 e. The van der Waals surface area contributed by atoms with Gasteiger partial charge in [0.1, 0.15) is 6.61 Å². The van der Waals surface area contributed by atoms with Gasteiger partial charge in [-0.3, -0.25) is 0 Å². The molecule has 0 bridgehead atoms. The van der Waals surface area contributed by atoms with Gasteiger partial charge in [0.2, 0.25) is 0 Å². The van der Waals surface area contributed by atoms with Crippen LogP contribution in [0.25, 0.3) is 6.08 Å². The maximum atomic E-state index is 6.28. The molecule has 5 rings (SSSR count). The molecule has 6 nitrogen and oxygen atoms in total. The highest BCUT2D eigenvalue weighted by atomic mass is 16.5. The molecule has 0 spiro atoms. The Labute approximate surface area is 232 Å². The summed E-state index contributed by atoms with van der Waals surface area (Å²) < 4.78 is 23.8. The van der Waals surface area contributed by atoms with Crippen molar-refractivity contribution in [1.29, 1.82) is 0 Å². The monoisotopic (exact) mass is 528 g/mol. The van der Waals surface area contributed by atoms with Gasteiger partial charge in [0, 0.05) is 6.54 Å². The molecule has 2 aliphatic heterocycles. The fourth-order valence-electron chi connectivity index (χ4n) is 5.36. The molecule has 0 aromatic heterocycles. The predicted octanol–water partition coefficient (Wildman–Crippen LogP) is 5.87. The average molecular weight is 529 g/mol. The lowest BCUT2D eigenvalue weighted by atomic mass is 9.92. The van der Waals surface area contributed by atoms with E-state index in [0.29, 0.717) is 12.5 Å². The number of piperidine rings is 1. The molecule has 0 amide bonds. The van der Waals surface area contributed by atoms with Crippen molar-refractivity contribution in [3.63, 3.8) is 0 Å². The van der Waals surface area contributed by atoms with Gasteiger partial charge in [0.15, 0.2) is 23.0 Å². The second-order valence-corrected chi connectivity index (χ2v) is 10.4. The number of hydrogen-bond acceptors (Lipinski definition) is 6. The van der Waals surface area contributed by atoms with Crippen LogP contribution in [0.1, 0.15) is 46.7 Å². The van der Waals surface area contributed by atoms with Gasteiger partial charge < -0.3 is 29.6 Å². The van der Waals surface area contributed by atoms with E-state index in [0.717, 1.165) is 85.2 Å². The lowest BCUT2D eigenvalue weighted by molar-refractivity contribution is 0.208. The minimum atomic E-state index is 0.0754. The van der Waals surface area contributed by atoms with Crippen LogP contribution in [0.2, 0.25) is 0 Å². The summed E-state index contributed by atoms with van der Waals surface area (Å²) in [5, 5.41) is 7.07. The topological polar surface area (TPSA) is 61.0 Å². The molecule has 1 atom stereocenters. The Morgan fingerprint density at radius 2 is 1.59 bits per heavy atom. The number of hydrogen-bond donors (Lipinski definition) is 2. The first-order valence-corrected chi connectivity index (χ1v) is 14.0. The van der Waals surface area contributed by atoms with Crippen molar-refractivity contribution in [1.82, 2.24) is 10.6 Å². The van der Waals surface area contributed by atoms with E-state index < -0.39 is 0 Å². The van der Waals surface area contributed by atoms with Crippen LogP contribution in [0, 0.1) is 12.8 Å². The third-order valence-electron chi connectivity index (χ3n) is 7.71. The van der Waals surface area contributed by atoms with Crippen molar-refractivity contribution in [2.45, 2.75) is 38.8 Å². The molecule has 206 valence electrons. The third-order valence-corrected chi connectivity index (χ3v) is 7.71. The van der Waals surface area contributed by atoms with E-state index in [1.54, 1.807) is 14.2 Å². The first kappa shape index (κ1) is 27.1. The standard InChI is InChI=1S/C33H40N2O4/c1-23-17-30(36-2)32(39-22-25-11-14-34-15-12-25)18-26(23)9-10-29-28-20-31(37-3)33(19-27(28)13-16-35-29)38-21-24-7-5-4-6-8-24/h4-10,17-20,25,29,34-35H,11-16,21-22H2,1-3H3.